The van der Waals surface area contributed by atoms with Crippen LogP contribution in [0, 0.1) is 0 Å². The predicted molar refractivity (Wildman–Crippen MR) is 50.3 cm³/mol. The highest BCUT2D eigenvalue weighted by Gasteiger charge is 2.21. The average molecular weight is 237 g/mol. The number of carbonyl (C=O) groups excluding carboxylic acids is 1. The van der Waals surface area contributed by atoms with Gasteiger partial charge in [-0.3, -0.25) is 4.79 Å². The van der Waals surface area contributed by atoms with Crippen LogP contribution in [0.4, 0.5) is 14.6 Å². The fraction of sp³-hybridized carbons (Fsp3) is 0.250. The van der Waals surface area contributed by atoms with Crippen molar-refractivity contribution < 1.29 is 18.3 Å². The Labute approximate surface area is 89.0 Å². The molecule has 0 spiro atoms. The van der Waals surface area contributed by atoms with Crippen molar-refractivity contribution in [2.24, 2.45) is 0 Å². The topological polar surface area (TPSA) is 65.2 Å². The molecule has 0 aliphatic carbocycles. The summed E-state index contributed by atoms with van der Waals surface area (Å²) in [5, 5.41) is -1.08. The zero-order valence-electron chi connectivity index (χ0n) is 7.63. The number of hydrogen-bond acceptors (Lipinski definition) is 4. The number of anilines is 1. The second kappa shape index (κ2) is 4.39. The summed E-state index contributed by atoms with van der Waals surface area (Å²) in [4.78, 5) is 14.3. The van der Waals surface area contributed by atoms with Crippen LogP contribution in [0.15, 0.2) is 6.07 Å². The van der Waals surface area contributed by atoms with E-state index >= 15 is 0 Å². The van der Waals surface area contributed by atoms with Gasteiger partial charge in [-0.2, -0.15) is 0 Å². The molecule has 1 heterocycles. The maximum atomic E-state index is 12.5. The van der Waals surface area contributed by atoms with Crippen LogP contribution in [0.25, 0.3) is 0 Å². The lowest BCUT2D eigenvalue weighted by Crippen LogP contribution is -2.06. The van der Waals surface area contributed by atoms with Crippen molar-refractivity contribution in [2.45, 2.75) is 6.43 Å². The lowest BCUT2D eigenvalue weighted by Gasteiger charge is -2.09. The lowest BCUT2D eigenvalue weighted by molar-refractivity contribution is 0.106. The number of ether oxygens (including phenoxy) is 1. The average Bonchev–Trinajstić information content (AvgIpc) is 2.16. The van der Waals surface area contributed by atoms with Crippen LogP contribution >= 0.6 is 11.6 Å². The van der Waals surface area contributed by atoms with E-state index in [1.165, 1.54) is 7.11 Å². The van der Waals surface area contributed by atoms with Gasteiger partial charge in [0.05, 0.1) is 12.7 Å². The molecule has 7 heteroatoms. The van der Waals surface area contributed by atoms with Gasteiger partial charge in [-0.15, -0.1) is 0 Å². The fourth-order valence-corrected chi connectivity index (χ4v) is 1.16. The number of nitrogen functional groups attached to an aromatic ring is 1. The maximum absolute atomic E-state index is 12.5. The highest BCUT2D eigenvalue weighted by atomic mass is 35.5. The summed E-state index contributed by atoms with van der Waals surface area (Å²) in [6.07, 6.45) is -2.87. The zero-order chi connectivity index (χ0) is 11.6. The Hall–Kier alpha value is -1.43. The minimum Gasteiger partial charge on any atom is -0.493 e. The highest BCUT2D eigenvalue weighted by molar-refractivity contribution is 6.67. The summed E-state index contributed by atoms with van der Waals surface area (Å²) < 4.78 is 29.7. The third-order valence-electron chi connectivity index (χ3n) is 1.69. The van der Waals surface area contributed by atoms with Gasteiger partial charge < -0.3 is 10.5 Å². The first-order valence-corrected chi connectivity index (χ1v) is 4.17. The van der Waals surface area contributed by atoms with Crippen molar-refractivity contribution in [3.05, 3.63) is 17.3 Å². The molecule has 0 aliphatic heterocycles. The molecule has 4 nitrogen and oxygen atoms in total. The van der Waals surface area contributed by atoms with Crippen molar-refractivity contribution in [3.8, 4) is 5.75 Å². The van der Waals surface area contributed by atoms with Crippen molar-refractivity contribution in [1.82, 2.24) is 4.98 Å². The molecular weight excluding hydrogens is 230 g/mol. The van der Waals surface area contributed by atoms with Gasteiger partial charge in [0.15, 0.2) is 11.6 Å². The largest absolute Gasteiger partial charge is 0.493 e. The SMILES string of the molecule is COc1cc(C(F)F)c(C(=O)Cl)nc1N. The standard InChI is InChI=1S/C8H7ClF2N2O2/c1-15-4-2-3(7(10)11)5(6(9)14)13-8(4)12/h2,7H,1H3,(H2,12,13). The molecule has 15 heavy (non-hydrogen) atoms. The van der Waals surface area contributed by atoms with E-state index in [-0.39, 0.29) is 11.6 Å². The number of methoxy groups -OCH3 is 1. The number of rotatable bonds is 3. The minimum absolute atomic E-state index is 0.0213. The van der Waals surface area contributed by atoms with E-state index in [0.29, 0.717) is 0 Å². The summed E-state index contributed by atoms with van der Waals surface area (Å²) in [5.41, 5.74) is 4.20. The molecule has 0 saturated carbocycles. The first-order valence-electron chi connectivity index (χ1n) is 3.79. The van der Waals surface area contributed by atoms with Crippen molar-refractivity contribution in [1.29, 1.82) is 0 Å². The van der Waals surface area contributed by atoms with Gasteiger partial charge in [0.25, 0.3) is 11.7 Å². The van der Waals surface area contributed by atoms with Crippen LogP contribution in [0.2, 0.25) is 0 Å². The first kappa shape index (κ1) is 11.6. The number of nitrogens with zero attached hydrogens (tertiary/aromatic N) is 1. The summed E-state index contributed by atoms with van der Waals surface area (Å²) in [6, 6.07) is 0.947. The van der Waals surface area contributed by atoms with E-state index in [0.717, 1.165) is 6.07 Å². The van der Waals surface area contributed by atoms with Crippen molar-refractivity contribution in [3.63, 3.8) is 0 Å². The zero-order valence-corrected chi connectivity index (χ0v) is 8.39. The molecular formula is C8H7ClF2N2O2. The van der Waals surface area contributed by atoms with Gasteiger partial charge in [-0.1, -0.05) is 0 Å². The first-order chi connectivity index (χ1) is 6.97. The third kappa shape index (κ3) is 2.33. The van der Waals surface area contributed by atoms with Gasteiger partial charge in [-0.25, -0.2) is 13.8 Å². The molecule has 0 aliphatic rings. The van der Waals surface area contributed by atoms with Crippen LogP contribution in [-0.2, 0) is 0 Å². The smallest absolute Gasteiger partial charge is 0.271 e. The molecule has 1 aromatic heterocycles. The summed E-state index contributed by atoms with van der Waals surface area (Å²) >= 11 is 5.09. The fourth-order valence-electron chi connectivity index (χ4n) is 1.01. The Balaban J connectivity index is 3.38. The van der Waals surface area contributed by atoms with E-state index in [1.54, 1.807) is 0 Å². The van der Waals surface area contributed by atoms with E-state index in [9.17, 15) is 13.6 Å². The summed E-state index contributed by atoms with van der Waals surface area (Å²) in [6.45, 7) is 0. The van der Waals surface area contributed by atoms with Crippen molar-refractivity contribution in [2.75, 3.05) is 12.8 Å². The Morgan fingerprint density at radius 1 is 1.67 bits per heavy atom. The molecule has 1 aromatic rings. The molecule has 2 N–H and O–H groups in total. The maximum Gasteiger partial charge on any atom is 0.271 e. The van der Waals surface area contributed by atoms with Crippen LogP contribution < -0.4 is 10.5 Å². The second-order valence-electron chi connectivity index (χ2n) is 2.59. The van der Waals surface area contributed by atoms with Crippen LogP contribution in [0.5, 0.6) is 5.75 Å². The molecule has 0 unspecified atom stereocenters. The normalized spacial score (nSPS) is 10.5. The molecule has 1 rings (SSSR count). The number of halogens is 3. The predicted octanol–water partition coefficient (Wildman–Crippen LogP) is 1.99. The molecule has 0 amide bonds. The van der Waals surface area contributed by atoms with E-state index in [4.69, 9.17) is 22.1 Å². The van der Waals surface area contributed by atoms with Gasteiger partial charge in [-0.05, 0) is 17.7 Å². The van der Waals surface area contributed by atoms with Crippen LogP contribution in [0.3, 0.4) is 0 Å². The number of carbonyl (C=O) groups is 1. The molecule has 0 bridgehead atoms. The van der Waals surface area contributed by atoms with Gasteiger partial charge >= 0.3 is 0 Å². The summed E-state index contributed by atoms with van der Waals surface area (Å²) in [5.74, 6) is -0.183. The Bertz CT molecular complexity index is 398. The number of nitrogens with two attached hydrogens (primary N) is 1. The van der Waals surface area contributed by atoms with Crippen LogP contribution in [-0.4, -0.2) is 17.3 Å². The molecule has 0 radical (unpaired) electrons. The molecule has 0 aromatic carbocycles. The van der Waals surface area contributed by atoms with Gasteiger partial charge in [0.2, 0.25) is 0 Å². The molecule has 0 fully saturated rings. The van der Waals surface area contributed by atoms with E-state index < -0.39 is 22.9 Å². The second-order valence-corrected chi connectivity index (χ2v) is 2.93. The van der Waals surface area contributed by atoms with Crippen LogP contribution in [0.1, 0.15) is 22.5 Å². The van der Waals surface area contributed by atoms with Crippen molar-refractivity contribution >= 4 is 22.7 Å². The Morgan fingerprint density at radius 2 is 2.27 bits per heavy atom. The molecule has 0 saturated heterocycles. The molecule has 82 valence electrons. The summed E-state index contributed by atoms with van der Waals surface area (Å²) in [7, 11) is 1.25. The quantitative estimate of drug-likeness (QED) is 0.815. The number of pyridine rings is 1. The number of hydrogen-bond donors (Lipinski definition) is 1. The third-order valence-corrected chi connectivity index (χ3v) is 1.86. The monoisotopic (exact) mass is 236 g/mol. The Kier molecular flexibility index (Phi) is 3.41. The number of alkyl halides is 2. The van der Waals surface area contributed by atoms with Gasteiger partial charge in [0, 0.05) is 0 Å². The molecule has 0 atom stereocenters. The highest BCUT2D eigenvalue weighted by Crippen LogP contribution is 2.29. The van der Waals surface area contributed by atoms with E-state index in [1.807, 2.05) is 0 Å². The van der Waals surface area contributed by atoms with Gasteiger partial charge in [0.1, 0.15) is 5.69 Å². The Morgan fingerprint density at radius 3 is 2.67 bits per heavy atom. The lowest BCUT2D eigenvalue weighted by atomic mass is 10.2. The minimum atomic E-state index is -2.87. The number of aromatic nitrogens is 1. The van der Waals surface area contributed by atoms with E-state index in [2.05, 4.69) is 4.98 Å².